The number of hydrogen-bond acceptors (Lipinski definition) is 1. The third-order valence-corrected chi connectivity index (χ3v) is 2.83. The molecule has 0 saturated carbocycles. The van der Waals surface area contributed by atoms with Gasteiger partial charge in [0.2, 0.25) is 0 Å². The van der Waals surface area contributed by atoms with Crippen LogP contribution in [0.25, 0.3) is 11.3 Å². The van der Waals surface area contributed by atoms with Crippen molar-refractivity contribution in [2.24, 2.45) is 7.05 Å². The van der Waals surface area contributed by atoms with Crippen molar-refractivity contribution in [3.63, 3.8) is 0 Å². The standard InChI is InChI=1S/C10H8BrClN2/c1-14-10(4-5-13-14)8-3-2-7(11)6-9(8)12/h2-6H,1H3. The highest BCUT2D eigenvalue weighted by atomic mass is 79.9. The minimum atomic E-state index is 0.725. The number of rotatable bonds is 1. The van der Waals surface area contributed by atoms with Gasteiger partial charge in [0.05, 0.1) is 10.7 Å². The summed E-state index contributed by atoms with van der Waals surface area (Å²) in [5.41, 5.74) is 2.01. The molecule has 0 aliphatic rings. The molecule has 0 aliphatic carbocycles. The number of benzene rings is 1. The van der Waals surface area contributed by atoms with Gasteiger partial charge in [-0.05, 0) is 18.2 Å². The Kier molecular flexibility index (Phi) is 2.61. The summed E-state index contributed by atoms with van der Waals surface area (Å²) in [5.74, 6) is 0. The highest BCUT2D eigenvalue weighted by Crippen LogP contribution is 2.29. The molecule has 0 aliphatic heterocycles. The van der Waals surface area contributed by atoms with E-state index in [1.807, 2.05) is 31.3 Å². The minimum Gasteiger partial charge on any atom is -0.268 e. The van der Waals surface area contributed by atoms with Crippen molar-refractivity contribution in [3.05, 3.63) is 40.0 Å². The zero-order valence-electron chi connectivity index (χ0n) is 7.54. The predicted octanol–water partition coefficient (Wildman–Crippen LogP) is 3.50. The molecule has 2 rings (SSSR count). The van der Waals surface area contributed by atoms with Crippen molar-refractivity contribution in [2.75, 3.05) is 0 Å². The molecule has 0 saturated heterocycles. The molecule has 0 spiro atoms. The Morgan fingerprint density at radius 2 is 2.14 bits per heavy atom. The third kappa shape index (κ3) is 1.70. The molecule has 2 aromatic rings. The molecule has 0 N–H and O–H groups in total. The number of aromatic nitrogens is 2. The first-order valence-electron chi connectivity index (χ1n) is 4.12. The summed E-state index contributed by atoms with van der Waals surface area (Å²) >= 11 is 9.49. The van der Waals surface area contributed by atoms with E-state index in [1.54, 1.807) is 10.9 Å². The second kappa shape index (κ2) is 3.75. The van der Waals surface area contributed by atoms with Crippen molar-refractivity contribution in [1.29, 1.82) is 0 Å². The van der Waals surface area contributed by atoms with Crippen LogP contribution in [0.1, 0.15) is 0 Å². The smallest absolute Gasteiger partial charge is 0.0693 e. The van der Waals surface area contributed by atoms with Gasteiger partial charge in [0.15, 0.2) is 0 Å². The fourth-order valence-corrected chi connectivity index (χ4v) is 2.11. The lowest BCUT2D eigenvalue weighted by Gasteiger charge is -2.04. The van der Waals surface area contributed by atoms with E-state index in [0.29, 0.717) is 0 Å². The fourth-order valence-electron chi connectivity index (χ4n) is 1.34. The summed E-state index contributed by atoms with van der Waals surface area (Å²) in [6.07, 6.45) is 1.76. The van der Waals surface area contributed by atoms with Gasteiger partial charge >= 0.3 is 0 Å². The van der Waals surface area contributed by atoms with Gasteiger partial charge in [-0.2, -0.15) is 5.10 Å². The van der Waals surface area contributed by atoms with E-state index < -0.39 is 0 Å². The van der Waals surface area contributed by atoms with Crippen LogP contribution >= 0.6 is 27.5 Å². The summed E-state index contributed by atoms with van der Waals surface area (Å²) in [5, 5.41) is 4.83. The first-order chi connectivity index (χ1) is 6.68. The molecule has 0 radical (unpaired) electrons. The fraction of sp³-hybridized carbons (Fsp3) is 0.100. The zero-order valence-corrected chi connectivity index (χ0v) is 9.88. The van der Waals surface area contributed by atoms with E-state index in [4.69, 9.17) is 11.6 Å². The lowest BCUT2D eigenvalue weighted by molar-refractivity contribution is 0.776. The van der Waals surface area contributed by atoms with Gasteiger partial charge in [-0.25, -0.2) is 0 Å². The van der Waals surface area contributed by atoms with Crippen molar-refractivity contribution in [3.8, 4) is 11.3 Å². The van der Waals surface area contributed by atoms with Crippen molar-refractivity contribution >= 4 is 27.5 Å². The van der Waals surface area contributed by atoms with Crippen LogP contribution in [0.3, 0.4) is 0 Å². The van der Waals surface area contributed by atoms with Crippen LogP contribution in [0, 0.1) is 0 Å². The average molecular weight is 272 g/mol. The van der Waals surface area contributed by atoms with Gasteiger partial charge in [-0.3, -0.25) is 4.68 Å². The molecule has 2 nitrogen and oxygen atoms in total. The Balaban J connectivity index is 2.58. The molecule has 72 valence electrons. The van der Waals surface area contributed by atoms with Crippen LogP contribution < -0.4 is 0 Å². The molecule has 4 heteroatoms. The average Bonchev–Trinajstić information content (AvgIpc) is 2.52. The Hall–Kier alpha value is -0.800. The maximum absolute atomic E-state index is 6.12. The third-order valence-electron chi connectivity index (χ3n) is 2.03. The zero-order chi connectivity index (χ0) is 10.1. The molecule has 1 heterocycles. The van der Waals surface area contributed by atoms with Gasteiger partial charge in [0.1, 0.15) is 0 Å². The monoisotopic (exact) mass is 270 g/mol. The van der Waals surface area contributed by atoms with Crippen LogP contribution in [0.15, 0.2) is 34.9 Å². The predicted molar refractivity (Wildman–Crippen MR) is 61.4 cm³/mol. The molecule has 0 bridgehead atoms. The molecule has 0 fully saturated rings. The van der Waals surface area contributed by atoms with Crippen LogP contribution in [0.5, 0.6) is 0 Å². The Morgan fingerprint density at radius 3 is 2.71 bits per heavy atom. The summed E-state index contributed by atoms with van der Waals surface area (Å²) in [4.78, 5) is 0. The van der Waals surface area contributed by atoms with Crippen molar-refractivity contribution in [2.45, 2.75) is 0 Å². The van der Waals surface area contributed by atoms with Gasteiger partial charge in [0.25, 0.3) is 0 Å². The molecule has 0 atom stereocenters. The molecular weight excluding hydrogens is 263 g/mol. The van der Waals surface area contributed by atoms with Gasteiger partial charge in [-0.15, -0.1) is 0 Å². The van der Waals surface area contributed by atoms with Gasteiger partial charge in [0, 0.05) is 23.3 Å². The van der Waals surface area contributed by atoms with E-state index in [9.17, 15) is 0 Å². The molecule has 1 aromatic carbocycles. The highest BCUT2D eigenvalue weighted by Gasteiger charge is 2.06. The van der Waals surface area contributed by atoms with Gasteiger partial charge in [-0.1, -0.05) is 33.6 Å². The van der Waals surface area contributed by atoms with Gasteiger partial charge < -0.3 is 0 Å². The molecule has 14 heavy (non-hydrogen) atoms. The summed E-state index contributed by atoms with van der Waals surface area (Å²) < 4.78 is 2.78. The summed E-state index contributed by atoms with van der Waals surface area (Å²) in [6.45, 7) is 0. The van der Waals surface area contributed by atoms with E-state index in [0.717, 1.165) is 20.8 Å². The minimum absolute atomic E-state index is 0.725. The quantitative estimate of drug-likeness (QED) is 0.776. The molecule has 1 aromatic heterocycles. The second-order valence-corrected chi connectivity index (χ2v) is 4.29. The highest BCUT2D eigenvalue weighted by molar-refractivity contribution is 9.10. The van der Waals surface area contributed by atoms with E-state index in [-0.39, 0.29) is 0 Å². The first kappa shape index (κ1) is 9.74. The van der Waals surface area contributed by atoms with Crippen molar-refractivity contribution < 1.29 is 0 Å². The largest absolute Gasteiger partial charge is 0.268 e. The van der Waals surface area contributed by atoms with Crippen LogP contribution in [0.2, 0.25) is 5.02 Å². The Bertz CT molecular complexity index is 465. The lowest BCUT2D eigenvalue weighted by Crippen LogP contribution is -1.93. The number of halogens is 2. The Morgan fingerprint density at radius 1 is 1.36 bits per heavy atom. The van der Waals surface area contributed by atoms with Crippen LogP contribution in [-0.2, 0) is 7.05 Å². The summed E-state index contributed by atoms with van der Waals surface area (Å²) in [6, 6.07) is 7.76. The van der Waals surface area contributed by atoms with Crippen LogP contribution in [0.4, 0.5) is 0 Å². The topological polar surface area (TPSA) is 17.8 Å². The maximum Gasteiger partial charge on any atom is 0.0693 e. The Labute approximate surface area is 95.6 Å². The lowest BCUT2D eigenvalue weighted by atomic mass is 10.1. The normalized spacial score (nSPS) is 10.5. The van der Waals surface area contributed by atoms with Crippen molar-refractivity contribution in [1.82, 2.24) is 9.78 Å². The molecular formula is C10H8BrClN2. The number of hydrogen-bond donors (Lipinski definition) is 0. The number of nitrogens with zero attached hydrogens (tertiary/aromatic N) is 2. The van der Waals surface area contributed by atoms with E-state index >= 15 is 0 Å². The molecule has 0 amide bonds. The van der Waals surface area contributed by atoms with Crippen LogP contribution in [-0.4, -0.2) is 9.78 Å². The number of aryl methyl sites for hydroxylation is 1. The summed E-state index contributed by atoms with van der Waals surface area (Å²) in [7, 11) is 1.90. The van der Waals surface area contributed by atoms with E-state index in [1.165, 1.54) is 0 Å². The maximum atomic E-state index is 6.12. The second-order valence-electron chi connectivity index (χ2n) is 2.96. The SMILES string of the molecule is Cn1nccc1-c1ccc(Br)cc1Cl. The molecule has 0 unspecified atom stereocenters. The first-order valence-corrected chi connectivity index (χ1v) is 5.29. The van der Waals surface area contributed by atoms with E-state index in [2.05, 4.69) is 21.0 Å².